The number of rotatable bonds is 4. The molecule has 12 heteroatoms. The molecule has 0 aliphatic heterocycles. The Kier molecular flexibility index (Phi) is 6.06. The van der Waals surface area contributed by atoms with Gasteiger partial charge in [0.05, 0.1) is 18.6 Å². The van der Waals surface area contributed by atoms with Gasteiger partial charge in [0.15, 0.2) is 11.6 Å². The van der Waals surface area contributed by atoms with Gasteiger partial charge in [-0.15, -0.1) is 0 Å². The second-order valence-corrected chi connectivity index (χ2v) is 4.69. The molecule has 1 aromatic rings. The van der Waals surface area contributed by atoms with Crippen molar-refractivity contribution < 1.29 is 49.4 Å². The molecule has 0 aliphatic rings. The first-order valence-corrected chi connectivity index (χ1v) is 6.56. The molecule has 1 rings (SSSR count). The van der Waals surface area contributed by atoms with Crippen LogP contribution in [0.1, 0.15) is 23.6 Å². The number of aliphatic hydroxyl groups excluding tert-OH is 1. The minimum Gasteiger partial charge on any atom is -0.480 e. The normalized spacial score (nSPS) is 13.3. The smallest absolute Gasteiger partial charge is 0.419 e. The number of benzene rings is 1. The maximum Gasteiger partial charge on any atom is 0.419 e. The Hall–Kier alpha value is -2.58. The number of allylic oxidation sites excluding steroid dienone is 1. The summed E-state index contributed by atoms with van der Waals surface area (Å²) < 4.78 is 123. The van der Waals surface area contributed by atoms with Gasteiger partial charge < -0.3 is 9.84 Å². The molecule has 0 saturated carbocycles. The molecule has 0 saturated heterocycles. The van der Waals surface area contributed by atoms with Crippen LogP contribution in [0.2, 0.25) is 0 Å². The minimum absolute atomic E-state index is 0.420. The Morgan fingerprint density at radius 1 is 1.04 bits per heavy atom. The van der Waals surface area contributed by atoms with E-state index < -0.39 is 71.0 Å². The standard InChI is InChI=1S/C14H8F9NO2/c1-2-26-12(25)6(4-24)7-8(14(21,22)23)9(15)5(3-13(18,19)20)10(16)11(7)17/h25H,2-3H2,1H3/b12-6-. The van der Waals surface area contributed by atoms with Gasteiger partial charge in [-0.05, 0) is 6.92 Å². The molecular weight excluding hydrogens is 385 g/mol. The van der Waals surface area contributed by atoms with Crippen LogP contribution < -0.4 is 0 Å². The summed E-state index contributed by atoms with van der Waals surface area (Å²) in [5.74, 6) is -9.48. The lowest BCUT2D eigenvalue weighted by atomic mass is 9.94. The van der Waals surface area contributed by atoms with Crippen LogP contribution >= 0.6 is 0 Å². The topological polar surface area (TPSA) is 53.2 Å². The molecule has 0 unspecified atom stereocenters. The van der Waals surface area contributed by atoms with Gasteiger partial charge in [-0.25, -0.2) is 13.2 Å². The van der Waals surface area contributed by atoms with Gasteiger partial charge in [0.1, 0.15) is 23.0 Å². The van der Waals surface area contributed by atoms with E-state index in [2.05, 4.69) is 4.74 Å². The van der Waals surface area contributed by atoms with Crippen molar-refractivity contribution in [1.29, 1.82) is 5.26 Å². The van der Waals surface area contributed by atoms with E-state index in [-0.39, 0.29) is 0 Å². The molecule has 144 valence electrons. The summed E-state index contributed by atoms with van der Waals surface area (Å²) in [6.07, 6.45) is -13.7. The molecule has 26 heavy (non-hydrogen) atoms. The van der Waals surface area contributed by atoms with Gasteiger partial charge in [-0.2, -0.15) is 31.6 Å². The fourth-order valence-electron chi connectivity index (χ4n) is 1.99. The maximum atomic E-state index is 14.1. The molecule has 0 heterocycles. The minimum atomic E-state index is -5.82. The van der Waals surface area contributed by atoms with Gasteiger partial charge in [0.25, 0.3) is 5.95 Å². The highest BCUT2D eigenvalue weighted by molar-refractivity contribution is 5.80. The zero-order valence-electron chi connectivity index (χ0n) is 12.6. The lowest BCUT2D eigenvalue weighted by molar-refractivity contribution is -0.142. The fourth-order valence-corrected chi connectivity index (χ4v) is 1.99. The summed E-state index contributed by atoms with van der Waals surface area (Å²) in [7, 11) is 0. The van der Waals surface area contributed by atoms with Crippen molar-refractivity contribution >= 4 is 5.57 Å². The Bertz CT molecular complexity index is 773. The highest BCUT2D eigenvalue weighted by Crippen LogP contribution is 2.42. The third kappa shape index (κ3) is 4.33. The maximum absolute atomic E-state index is 14.1. The van der Waals surface area contributed by atoms with Crippen LogP contribution in [0.5, 0.6) is 0 Å². The van der Waals surface area contributed by atoms with Crippen LogP contribution in [-0.4, -0.2) is 17.9 Å². The number of nitrogens with zero attached hydrogens (tertiary/aromatic N) is 1. The van der Waals surface area contributed by atoms with Gasteiger partial charge in [0, 0.05) is 5.56 Å². The van der Waals surface area contributed by atoms with Crippen molar-refractivity contribution in [3.63, 3.8) is 0 Å². The molecule has 1 aromatic carbocycles. The SMILES string of the molecule is CCO/C(O)=C(/C#N)c1c(F)c(F)c(CC(F)(F)F)c(F)c1C(F)(F)F. The van der Waals surface area contributed by atoms with Crippen LogP contribution in [0.15, 0.2) is 5.95 Å². The van der Waals surface area contributed by atoms with Gasteiger partial charge >= 0.3 is 12.4 Å². The summed E-state index contributed by atoms with van der Waals surface area (Å²) >= 11 is 0. The number of aliphatic hydroxyl groups is 1. The van der Waals surface area contributed by atoms with Crippen molar-refractivity contribution in [1.82, 2.24) is 0 Å². The predicted molar refractivity (Wildman–Crippen MR) is 67.9 cm³/mol. The van der Waals surface area contributed by atoms with E-state index in [1.807, 2.05) is 0 Å². The van der Waals surface area contributed by atoms with Gasteiger partial charge in [0.2, 0.25) is 0 Å². The van der Waals surface area contributed by atoms with Crippen molar-refractivity contribution in [3.8, 4) is 6.07 Å². The zero-order chi connectivity index (χ0) is 20.4. The molecule has 0 amide bonds. The van der Waals surface area contributed by atoms with E-state index in [1.165, 1.54) is 6.92 Å². The second kappa shape index (κ2) is 7.35. The number of hydrogen-bond acceptors (Lipinski definition) is 3. The molecule has 0 aliphatic carbocycles. The Labute approximate surface area is 139 Å². The van der Waals surface area contributed by atoms with Crippen molar-refractivity contribution in [2.24, 2.45) is 0 Å². The monoisotopic (exact) mass is 393 g/mol. The van der Waals surface area contributed by atoms with E-state index >= 15 is 0 Å². The molecule has 0 bridgehead atoms. The van der Waals surface area contributed by atoms with Crippen LogP contribution in [0.4, 0.5) is 39.5 Å². The van der Waals surface area contributed by atoms with Gasteiger partial charge in [-0.1, -0.05) is 0 Å². The summed E-state index contributed by atoms with van der Waals surface area (Å²) in [4.78, 5) is 0. The number of ether oxygens (including phenoxy) is 1. The lowest BCUT2D eigenvalue weighted by Crippen LogP contribution is -2.22. The van der Waals surface area contributed by atoms with E-state index in [0.717, 1.165) is 6.07 Å². The summed E-state index contributed by atoms with van der Waals surface area (Å²) in [5.41, 5.74) is -8.60. The number of hydrogen-bond donors (Lipinski definition) is 1. The largest absolute Gasteiger partial charge is 0.480 e. The molecule has 3 nitrogen and oxygen atoms in total. The lowest BCUT2D eigenvalue weighted by Gasteiger charge is -2.19. The quantitative estimate of drug-likeness (QED) is 0.339. The third-order valence-electron chi connectivity index (χ3n) is 2.93. The summed E-state index contributed by atoms with van der Waals surface area (Å²) in [5, 5.41) is 18.2. The van der Waals surface area contributed by atoms with Crippen molar-refractivity contribution in [2.75, 3.05) is 6.61 Å². The average molecular weight is 393 g/mol. The van der Waals surface area contributed by atoms with Crippen LogP contribution in [-0.2, 0) is 17.3 Å². The number of halogens is 9. The predicted octanol–water partition coefficient (Wildman–Crippen LogP) is 5.01. The molecular formula is C14H8F9NO2. The summed E-state index contributed by atoms with van der Waals surface area (Å²) in [6.45, 7) is 0.789. The Morgan fingerprint density at radius 2 is 1.58 bits per heavy atom. The zero-order valence-corrected chi connectivity index (χ0v) is 12.6. The highest BCUT2D eigenvalue weighted by atomic mass is 19.4. The van der Waals surface area contributed by atoms with Crippen molar-refractivity contribution in [3.05, 3.63) is 40.1 Å². The van der Waals surface area contributed by atoms with Gasteiger partial charge in [-0.3, -0.25) is 0 Å². The average Bonchev–Trinajstić information content (AvgIpc) is 2.47. The molecule has 0 radical (unpaired) electrons. The van der Waals surface area contributed by atoms with E-state index in [1.54, 1.807) is 0 Å². The first-order chi connectivity index (χ1) is 11.8. The van der Waals surface area contributed by atoms with E-state index in [0.29, 0.717) is 0 Å². The first kappa shape index (κ1) is 21.5. The molecule has 0 spiro atoms. The molecule has 0 fully saturated rings. The number of alkyl halides is 6. The Balaban J connectivity index is 4.00. The van der Waals surface area contributed by atoms with E-state index in [4.69, 9.17) is 5.26 Å². The Morgan fingerprint density at radius 3 is 1.96 bits per heavy atom. The third-order valence-corrected chi connectivity index (χ3v) is 2.93. The molecule has 1 N–H and O–H groups in total. The summed E-state index contributed by atoms with van der Waals surface area (Å²) in [6, 6.07) is 0.887. The molecule has 0 atom stereocenters. The van der Waals surface area contributed by atoms with Crippen LogP contribution in [0, 0.1) is 28.8 Å². The first-order valence-electron chi connectivity index (χ1n) is 6.56. The second-order valence-electron chi connectivity index (χ2n) is 4.69. The van der Waals surface area contributed by atoms with Crippen LogP contribution in [0.3, 0.4) is 0 Å². The van der Waals surface area contributed by atoms with Crippen molar-refractivity contribution in [2.45, 2.75) is 25.7 Å². The van der Waals surface area contributed by atoms with E-state index in [9.17, 15) is 44.6 Å². The number of nitriles is 1. The fraction of sp³-hybridized carbons (Fsp3) is 0.357. The molecule has 0 aromatic heterocycles. The highest BCUT2D eigenvalue weighted by Gasteiger charge is 2.45. The van der Waals surface area contributed by atoms with Crippen LogP contribution in [0.25, 0.3) is 5.57 Å².